The summed E-state index contributed by atoms with van der Waals surface area (Å²) in [6, 6.07) is 3.62. The molecule has 0 radical (unpaired) electrons. The van der Waals surface area contributed by atoms with Gasteiger partial charge >= 0.3 is 0 Å². The van der Waals surface area contributed by atoms with Crippen LogP contribution in [0.3, 0.4) is 0 Å². The Morgan fingerprint density at radius 1 is 1.11 bits per heavy atom. The highest BCUT2D eigenvalue weighted by Crippen LogP contribution is 2.34. The number of hydrogen-bond donors (Lipinski definition) is 1. The van der Waals surface area contributed by atoms with Gasteiger partial charge in [-0.1, -0.05) is 23.2 Å². The Morgan fingerprint density at radius 2 is 1.72 bits per heavy atom. The molecule has 1 aromatic heterocycles. The average molecular weight is 284 g/mol. The molecule has 2 aromatic rings. The fourth-order valence-corrected chi connectivity index (χ4v) is 2.05. The minimum atomic E-state index is 0.171. The van der Waals surface area contributed by atoms with Crippen LogP contribution in [0.2, 0.25) is 10.2 Å². The first-order valence-corrected chi connectivity index (χ1v) is 5.95. The summed E-state index contributed by atoms with van der Waals surface area (Å²) in [5.74, 6) is 0.907. The number of anilines is 1. The van der Waals surface area contributed by atoms with Gasteiger partial charge in [0.1, 0.15) is 17.8 Å². The summed E-state index contributed by atoms with van der Waals surface area (Å²) in [5, 5.41) is 0.829. The summed E-state index contributed by atoms with van der Waals surface area (Å²) < 4.78 is 5.69. The van der Waals surface area contributed by atoms with Crippen LogP contribution < -0.4 is 10.5 Å². The highest BCUT2D eigenvalue weighted by atomic mass is 35.5. The molecule has 0 unspecified atom stereocenters. The van der Waals surface area contributed by atoms with Crippen LogP contribution >= 0.6 is 23.2 Å². The molecule has 0 spiro atoms. The molecule has 0 aliphatic rings. The zero-order valence-electron chi connectivity index (χ0n) is 9.87. The Morgan fingerprint density at radius 3 is 2.33 bits per heavy atom. The number of benzene rings is 1. The van der Waals surface area contributed by atoms with Crippen molar-refractivity contribution in [2.24, 2.45) is 0 Å². The third-order valence-electron chi connectivity index (χ3n) is 2.42. The molecule has 0 aliphatic heterocycles. The summed E-state index contributed by atoms with van der Waals surface area (Å²) in [5.41, 5.74) is 7.76. The fraction of sp³-hybridized carbons (Fsp3) is 0.167. The van der Waals surface area contributed by atoms with Crippen LogP contribution in [0, 0.1) is 13.8 Å². The van der Waals surface area contributed by atoms with Gasteiger partial charge in [-0.3, -0.25) is 0 Å². The van der Waals surface area contributed by atoms with Crippen LogP contribution in [0.4, 0.5) is 5.69 Å². The molecule has 1 heterocycles. The van der Waals surface area contributed by atoms with Gasteiger partial charge < -0.3 is 10.5 Å². The Balaban J connectivity index is 2.43. The standard InChI is InChI=1S/C12H11Cl2N3O/c1-6-3-8(13)4-7(2)10(6)18-12-9(15)11(14)16-5-17-12/h3-5H,15H2,1-2H3. The minimum absolute atomic E-state index is 0.171. The van der Waals surface area contributed by atoms with E-state index in [1.807, 2.05) is 26.0 Å². The first kappa shape index (κ1) is 12.9. The lowest BCUT2D eigenvalue weighted by atomic mass is 10.1. The van der Waals surface area contributed by atoms with Crippen LogP contribution in [0.5, 0.6) is 11.6 Å². The maximum atomic E-state index is 5.95. The lowest BCUT2D eigenvalue weighted by molar-refractivity contribution is 0.457. The molecule has 1 aromatic carbocycles. The molecule has 94 valence electrons. The molecule has 6 heteroatoms. The number of aromatic nitrogens is 2. The molecule has 0 saturated heterocycles. The molecule has 0 saturated carbocycles. The maximum Gasteiger partial charge on any atom is 0.247 e. The van der Waals surface area contributed by atoms with E-state index in [4.69, 9.17) is 33.7 Å². The van der Waals surface area contributed by atoms with Gasteiger partial charge in [-0.2, -0.15) is 4.98 Å². The number of hydrogen-bond acceptors (Lipinski definition) is 4. The highest BCUT2D eigenvalue weighted by molar-refractivity contribution is 6.32. The second-order valence-electron chi connectivity index (χ2n) is 3.85. The van der Waals surface area contributed by atoms with E-state index in [1.54, 1.807) is 0 Å². The van der Waals surface area contributed by atoms with E-state index >= 15 is 0 Å². The topological polar surface area (TPSA) is 61.0 Å². The summed E-state index contributed by atoms with van der Waals surface area (Å²) >= 11 is 11.8. The summed E-state index contributed by atoms with van der Waals surface area (Å²) in [7, 11) is 0. The molecule has 18 heavy (non-hydrogen) atoms. The van der Waals surface area contributed by atoms with Crippen molar-refractivity contribution >= 4 is 28.9 Å². The Hall–Kier alpha value is -1.52. The van der Waals surface area contributed by atoms with Crippen molar-refractivity contribution in [3.63, 3.8) is 0 Å². The molecule has 0 bridgehead atoms. The van der Waals surface area contributed by atoms with E-state index in [0.29, 0.717) is 10.8 Å². The zero-order valence-corrected chi connectivity index (χ0v) is 11.4. The molecular formula is C12H11Cl2N3O. The van der Waals surface area contributed by atoms with E-state index < -0.39 is 0 Å². The SMILES string of the molecule is Cc1cc(Cl)cc(C)c1Oc1ncnc(Cl)c1N. The van der Waals surface area contributed by atoms with Crippen molar-refractivity contribution in [1.82, 2.24) is 9.97 Å². The van der Waals surface area contributed by atoms with Crippen molar-refractivity contribution in [2.75, 3.05) is 5.73 Å². The van der Waals surface area contributed by atoms with Gasteiger partial charge in [0.2, 0.25) is 5.88 Å². The number of nitrogens with zero attached hydrogens (tertiary/aromatic N) is 2. The van der Waals surface area contributed by atoms with Gasteiger partial charge in [0.05, 0.1) is 0 Å². The first-order valence-electron chi connectivity index (χ1n) is 5.19. The molecule has 0 fully saturated rings. The number of nitrogens with two attached hydrogens (primary N) is 1. The van der Waals surface area contributed by atoms with Gasteiger partial charge in [-0.25, -0.2) is 4.98 Å². The van der Waals surface area contributed by atoms with E-state index in [-0.39, 0.29) is 16.7 Å². The molecule has 4 nitrogen and oxygen atoms in total. The van der Waals surface area contributed by atoms with Gasteiger partial charge in [-0.05, 0) is 37.1 Å². The predicted molar refractivity (Wildman–Crippen MR) is 72.5 cm³/mol. The van der Waals surface area contributed by atoms with Crippen molar-refractivity contribution < 1.29 is 4.74 Å². The number of nitrogen functional groups attached to an aromatic ring is 1. The monoisotopic (exact) mass is 283 g/mol. The van der Waals surface area contributed by atoms with Gasteiger partial charge in [0.15, 0.2) is 5.15 Å². The van der Waals surface area contributed by atoms with Crippen molar-refractivity contribution in [2.45, 2.75) is 13.8 Å². The summed E-state index contributed by atoms with van der Waals surface area (Å²) in [6.07, 6.45) is 1.30. The van der Waals surface area contributed by atoms with Crippen LogP contribution in [0.1, 0.15) is 11.1 Å². The van der Waals surface area contributed by atoms with E-state index in [9.17, 15) is 0 Å². The van der Waals surface area contributed by atoms with E-state index in [2.05, 4.69) is 9.97 Å². The van der Waals surface area contributed by atoms with Gasteiger partial charge in [0, 0.05) is 5.02 Å². The van der Waals surface area contributed by atoms with Crippen LogP contribution in [-0.4, -0.2) is 9.97 Å². The number of rotatable bonds is 2. The molecule has 0 amide bonds. The normalized spacial score (nSPS) is 10.4. The molecule has 0 atom stereocenters. The van der Waals surface area contributed by atoms with Gasteiger partial charge in [-0.15, -0.1) is 0 Å². The molecular weight excluding hydrogens is 273 g/mol. The smallest absolute Gasteiger partial charge is 0.247 e. The lowest BCUT2D eigenvalue weighted by Gasteiger charge is -2.12. The quantitative estimate of drug-likeness (QED) is 0.852. The number of ether oxygens (including phenoxy) is 1. The largest absolute Gasteiger partial charge is 0.436 e. The Bertz CT molecular complexity index is 579. The fourth-order valence-electron chi connectivity index (χ4n) is 1.60. The molecule has 0 aliphatic carbocycles. The second kappa shape index (κ2) is 5.00. The Labute approximate surface area is 115 Å². The maximum absolute atomic E-state index is 5.95. The van der Waals surface area contributed by atoms with Crippen LogP contribution in [-0.2, 0) is 0 Å². The highest BCUT2D eigenvalue weighted by Gasteiger charge is 2.12. The zero-order chi connectivity index (χ0) is 13.3. The first-order chi connectivity index (χ1) is 8.49. The summed E-state index contributed by atoms with van der Waals surface area (Å²) in [6.45, 7) is 3.79. The van der Waals surface area contributed by atoms with E-state index in [0.717, 1.165) is 11.1 Å². The second-order valence-corrected chi connectivity index (χ2v) is 4.65. The molecule has 2 N–H and O–H groups in total. The van der Waals surface area contributed by atoms with Crippen LogP contribution in [0.25, 0.3) is 0 Å². The lowest BCUT2D eigenvalue weighted by Crippen LogP contribution is -1.99. The Kier molecular flexibility index (Phi) is 3.59. The minimum Gasteiger partial charge on any atom is -0.436 e. The van der Waals surface area contributed by atoms with Crippen molar-refractivity contribution in [1.29, 1.82) is 0 Å². The molecule has 2 rings (SSSR count). The van der Waals surface area contributed by atoms with Gasteiger partial charge in [0.25, 0.3) is 0 Å². The number of halogens is 2. The van der Waals surface area contributed by atoms with E-state index in [1.165, 1.54) is 6.33 Å². The third-order valence-corrected chi connectivity index (χ3v) is 2.94. The third kappa shape index (κ3) is 2.49. The van der Waals surface area contributed by atoms with Crippen molar-refractivity contribution in [3.8, 4) is 11.6 Å². The average Bonchev–Trinajstić information content (AvgIpc) is 2.28. The van der Waals surface area contributed by atoms with Crippen LogP contribution in [0.15, 0.2) is 18.5 Å². The van der Waals surface area contributed by atoms with Crippen molar-refractivity contribution in [3.05, 3.63) is 39.8 Å². The summed E-state index contributed by atoms with van der Waals surface area (Å²) in [4.78, 5) is 7.73. The number of aryl methyl sites for hydroxylation is 2. The predicted octanol–water partition coefficient (Wildman–Crippen LogP) is 3.77.